The lowest BCUT2D eigenvalue weighted by Crippen LogP contribution is -2.33. The second kappa shape index (κ2) is 4.90. The minimum absolute atomic E-state index is 0.000833. The summed E-state index contributed by atoms with van der Waals surface area (Å²) in [7, 11) is -2.01. The van der Waals surface area contributed by atoms with E-state index in [1.165, 1.54) is 23.6 Å². The molecule has 0 fully saturated rings. The number of hydrogen-bond donors (Lipinski definition) is 1. The molecule has 90 valence electrons. The smallest absolute Gasteiger partial charge is 0.260 e. The van der Waals surface area contributed by atoms with Crippen molar-refractivity contribution in [3.8, 4) is 0 Å². The van der Waals surface area contributed by atoms with Crippen LogP contribution in [-0.2, 0) is 16.6 Å². The Labute approximate surface area is 95.8 Å². The van der Waals surface area contributed by atoms with Crippen LogP contribution < -0.4 is 0 Å². The zero-order valence-electron chi connectivity index (χ0n) is 9.58. The van der Waals surface area contributed by atoms with Gasteiger partial charge in [-0.25, -0.2) is 13.4 Å². The largest absolute Gasteiger partial charge is 0.392 e. The van der Waals surface area contributed by atoms with Crippen LogP contribution in [0.2, 0.25) is 0 Å². The molecule has 0 bridgehead atoms. The number of hydrogen-bond acceptors (Lipinski definition) is 4. The molecule has 0 saturated heterocycles. The summed E-state index contributed by atoms with van der Waals surface area (Å²) in [6, 6.07) is 2.83. The Balaban J connectivity index is 3.08. The van der Waals surface area contributed by atoms with Gasteiger partial charge in [0, 0.05) is 19.3 Å². The third-order valence-electron chi connectivity index (χ3n) is 2.35. The number of sulfonamides is 1. The van der Waals surface area contributed by atoms with Gasteiger partial charge in [0.25, 0.3) is 10.0 Å². The highest BCUT2D eigenvalue weighted by Gasteiger charge is 2.24. The van der Waals surface area contributed by atoms with Gasteiger partial charge in [-0.15, -0.1) is 0 Å². The molecule has 16 heavy (non-hydrogen) atoms. The number of aliphatic hydroxyl groups is 1. The molecule has 0 aliphatic heterocycles. The molecule has 0 aromatic carbocycles. The maximum atomic E-state index is 12.0. The van der Waals surface area contributed by atoms with E-state index in [-0.39, 0.29) is 17.7 Å². The Hall–Kier alpha value is -0.980. The standard InChI is InChI=1S/C10H16N2O3S/c1-8(2)12(3)16(14,15)10-5-4-9(7-13)6-11-10/h4-6,8,13H,7H2,1-3H3. The number of rotatable bonds is 4. The van der Waals surface area contributed by atoms with Crippen LogP contribution >= 0.6 is 0 Å². The van der Waals surface area contributed by atoms with Crippen molar-refractivity contribution in [2.75, 3.05) is 7.05 Å². The maximum absolute atomic E-state index is 12.0. The summed E-state index contributed by atoms with van der Waals surface area (Å²) in [6.07, 6.45) is 1.36. The van der Waals surface area contributed by atoms with E-state index in [9.17, 15) is 8.42 Å². The Morgan fingerprint density at radius 3 is 2.44 bits per heavy atom. The van der Waals surface area contributed by atoms with Crippen molar-refractivity contribution in [3.05, 3.63) is 23.9 Å². The number of aromatic nitrogens is 1. The summed E-state index contributed by atoms with van der Waals surface area (Å²) < 4.78 is 25.2. The Bertz CT molecular complexity index is 440. The summed E-state index contributed by atoms with van der Waals surface area (Å²) in [5, 5.41) is 8.83. The number of pyridine rings is 1. The quantitative estimate of drug-likeness (QED) is 0.842. The molecule has 0 saturated carbocycles. The third-order valence-corrected chi connectivity index (χ3v) is 4.30. The van der Waals surface area contributed by atoms with Gasteiger partial charge in [0.15, 0.2) is 5.03 Å². The first-order valence-corrected chi connectivity index (χ1v) is 6.37. The van der Waals surface area contributed by atoms with Gasteiger partial charge < -0.3 is 5.11 Å². The van der Waals surface area contributed by atoms with E-state index in [0.29, 0.717) is 5.56 Å². The van der Waals surface area contributed by atoms with Gasteiger partial charge in [0.05, 0.1) is 6.61 Å². The number of nitrogens with zero attached hydrogens (tertiary/aromatic N) is 2. The van der Waals surface area contributed by atoms with Crippen molar-refractivity contribution in [1.29, 1.82) is 0 Å². The van der Waals surface area contributed by atoms with Crippen LogP contribution in [0.15, 0.2) is 23.4 Å². The van der Waals surface area contributed by atoms with Crippen LogP contribution in [0.3, 0.4) is 0 Å². The highest BCUT2D eigenvalue weighted by Crippen LogP contribution is 2.14. The first-order valence-electron chi connectivity index (χ1n) is 4.93. The van der Waals surface area contributed by atoms with E-state index in [4.69, 9.17) is 5.11 Å². The van der Waals surface area contributed by atoms with Crippen molar-refractivity contribution >= 4 is 10.0 Å². The summed E-state index contributed by atoms with van der Waals surface area (Å²) in [5.74, 6) is 0. The molecule has 1 aromatic heterocycles. The van der Waals surface area contributed by atoms with E-state index in [2.05, 4.69) is 4.98 Å². The Morgan fingerprint density at radius 2 is 2.06 bits per heavy atom. The van der Waals surface area contributed by atoms with Gasteiger partial charge in [-0.1, -0.05) is 6.07 Å². The molecule has 5 nitrogen and oxygen atoms in total. The zero-order valence-corrected chi connectivity index (χ0v) is 10.4. The average Bonchev–Trinajstić information content (AvgIpc) is 2.28. The fourth-order valence-corrected chi connectivity index (χ4v) is 2.36. The highest BCUT2D eigenvalue weighted by atomic mass is 32.2. The topological polar surface area (TPSA) is 70.5 Å². The molecule has 1 N–H and O–H groups in total. The number of aliphatic hydroxyl groups excluding tert-OH is 1. The summed E-state index contributed by atoms with van der Waals surface area (Å²) >= 11 is 0. The SMILES string of the molecule is CC(C)N(C)S(=O)(=O)c1ccc(CO)cn1. The maximum Gasteiger partial charge on any atom is 0.260 e. The monoisotopic (exact) mass is 244 g/mol. The fraction of sp³-hybridized carbons (Fsp3) is 0.500. The first kappa shape index (κ1) is 13.1. The molecule has 0 unspecified atom stereocenters. The van der Waals surface area contributed by atoms with Crippen LogP contribution in [0.25, 0.3) is 0 Å². The van der Waals surface area contributed by atoms with E-state index >= 15 is 0 Å². The molecule has 0 spiro atoms. The van der Waals surface area contributed by atoms with Crippen molar-refractivity contribution < 1.29 is 13.5 Å². The lowest BCUT2D eigenvalue weighted by molar-refractivity contribution is 0.281. The zero-order chi connectivity index (χ0) is 12.3. The Morgan fingerprint density at radius 1 is 1.44 bits per heavy atom. The molecule has 0 atom stereocenters. The van der Waals surface area contributed by atoms with E-state index < -0.39 is 10.0 Å². The average molecular weight is 244 g/mol. The van der Waals surface area contributed by atoms with Crippen molar-refractivity contribution in [2.45, 2.75) is 31.5 Å². The van der Waals surface area contributed by atoms with Gasteiger partial charge >= 0.3 is 0 Å². The minimum Gasteiger partial charge on any atom is -0.392 e. The van der Waals surface area contributed by atoms with Crippen LogP contribution in [0, 0.1) is 0 Å². The van der Waals surface area contributed by atoms with Crippen LogP contribution in [0.4, 0.5) is 0 Å². The second-order valence-electron chi connectivity index (χ2n) is 3.78. The van der Waals surface area contributed by atoms with E-state index in [1.54, 1.807) is 19.9 Å². The van der Waals surface area contributed by atoms with Gasteiger partial charge in [-0.3, -0.25) is 0 Å². The lowest BCUT2D eigenvalue weighted by Gasteiger charge is -2.20. The highest BCUT2D eigenvalue weighted by molar-refractivity contribution is 7.89. The van der Waals surface area contributed by atoms with Crippen molar-refractivity contribution in [2.24, 2.45) is 0 Å². The van der Waals surface area contributed by atoms with Gasteiger partial charge in [-0.2, -0.15) is 4.31 Å². The summed E-state index contributed by atoms with van der Waals surface area (Å²) in [6.45, 7) is 3.44. The molecular weight excluding hydrogens is 228 g/mol. The third kappa shape index (κ3) is 2.58. The Kier molecular flexibility index (Phi) is 4.01. The predicted molar refractivity (Wildman–Crippen MR) is 60.2 cm³/mol. The molecule has 0 radical (unpaired) electrons. The first-order chi connectivity index (χ1) is 7.39. The predicted octanol–water partition coefficient (Wildman–Crippen LogP) is 0.603. The molecule has 6 heteroatoms. The molecule has 0 aliphatic rings. The van der Waals surface area contributed by atoms with Crippen LogP contribution in [0.5, 0.6) is 0 Å². The molecule has 1 rings (SSSR count). The molecule has 1 heterocycles. The molecule has 0 aliphatic carbocycles. The van der Waals surface area contributed by atoms with Crippen molar-refractivity contribution in [1.82, 2.24) is 9.29 Å². The van der Waals surface area contributed by atoms with Gasteiger partial charge in [-0.05, 0) is 25.5 Å². The lowest BCUT2D eigenvalue weighted by atomic mass is 10.3. The van der Waals surface area contributed by atoms with Crippen molar-refractivity contribution in [3.63, 3.8) is 0 Å². The van der Waals surface area contributed by atoms with Crippen LogP contribution in [0.1, 0.15) is 19.4 Å². The normalized spacial score (nSPS) is 12.4. The minimum atomic E-state index is -3.52. The molecular formula is C10H16N2O3S. The van der Waals surface area contributed by atoms with E-state index in [0.717, 1.165) is 0 Å². The fourth-order valence-electron chi connectivity index (χ4n) is 1.08. The summed E-state index contributed by atoms with van der Waals surface area (Å²) in [4.78, 5) is 3.84. The van der Waals surface area contributed by atoms with Gasteiger partial charge in [0.2, 0.25) is 0 Å². The second-order valence-corrected chi connectivity index (χ2v) is 5.72. The van der Waals surface area contributed by atoms with Crippen LogP contribution in [-0.4, -0.2) is 35.9 Å². The van der Waals surface area contributed by atoms with E-state index in [1.807, 2.05) is 0 Å². The van der Waals surface area contributed by atoms with Gasteiger partial charge in [0.1, 0.15) is 0 Å². The molecule has 1 aromatic rings. The molecule has 0 amide bonds. The summed E-state index contributed by atoms with van der Waals surface area (Å²) in [5.41, 5.74) is 0.589.